The van der Waals surface area contributed by atoms with Gasteiger partial charge in [0.2, 0.25) is 0 Å². The Hall–Kier alpha value is -2.92. The normalized spacial score (nSPS) is 11.7. The van der Waals surface area contributed by atoms with Gasteiger partial charge in [0.25, 0.3) is 5.91 Å². The van der Waals surface area contributed by atoms with Crippen LogP contribution < -0.4 is 10.6 Å². The number of benzene rings is 2. The summed E-state index contributed by atoms with van der Waals surface area (Å²) < 4.78 is 0. The lowest BCUT2D eigenvalue weighted by Gasteiger charge is -2.14. The van der Waals surface area contributed by atoms with Crippen molar-refractivity contribution < 1.29 is 4.79 Å². The summed E-state index contributed by atoms with van der Waals surface area (Å²) in [4.78, 5) is 20.8. The molecular weight excluding hydrogens is 348 g/mol. The second-order valence-electron chi connectivity index (χ2n) is 5.98. The van der Waals surface area contributed by atoms with E-state index in [2.05, 4.69) is 20.6 Å². The molecule has 0 aliphatic heterocycles. The smallest absolute Gasteiger partial charge is 0.275 e. The molecule has 0 saturated carbocycles. The van der Waals surface area contributed by atoms with Gasteiger partial charge in [0.1, 0.15) is 11.5 Å². The van der Waals surface area contributed by atoms with Crippen molar-refractivity contribution in [1.29, 1.82) is 0 Å². The molecular formula is C20H19ClN4O. The number of carbonyl (C=O) groups excluding carboxylic acids is 1. The lowest BCUT2D eigenvalue weighted by atomic mass is 10.1. The van der Waals surface area contributed by atoms with Crippen LogP contribution in [0.2, 0.25) is 5.02 Å². The Morgan fingerprint density at radius 1 is 1.08 bits per heavy atom. The van der Waals surface area contributed by atoms with Gasteiger partial charge in [-0.3, -0.25) is 4.79 Å². The number of halogens is 1. The van der Waals surface area contributed by atoms with E-state index in [1.807, 2.05) is 44.2 Å². The summed E-state index contributed by atoms with van der Waals surface area (Å²) in [5.41, 5.74) is 2.97. The zero-order valence-corrected chi connectivity index (χ0v) is 15.3. The zero-order chi connectivity index (χ0) is 18.5. The lowest BCUT2D eigenvalue weighted by molar-refractivity contribution is 0.102. The van der Waals surface area contributed by atoms with E-state index < -0.39 is 0 Å². The maximum atomic E-state index is 12.3. The maximum Gasteiger partial charge on any atom is 0.275 e. The van der Waals surface area contributed by atoms with Gasteiger partial charge in [-0.1, -0.05) is 41.9 Å². The molecule has 0 aliphatic carbocycles. The molecule has 0 bridgehead atoms. The average Bonchev–Trinajstić information content (AvgIpc) is 2.65. The molecule has 26 heavy (non-hydrogen) atoms. The summed E-state index contributed by atoms with van der Waals surface area (Å²) in [5, 5.41) is 6.72. The molecule has 1 unspecified atom stereocenters. The monoisotopic (exact) mass is 366 g/mol. The number of nitrogens with one attached hydrogen (secondary N) is 2. The fourth-order valence-electron chi connectivity index (χ4n) is 2.52. The van der Waals surface area contributed by atoms with Gasteiger partial charge in [0.15, 0.2) is 0 Å². The van der Waals surface area contributed by atoms with Crippen LogP contribution in [-0.4, -0.2) is 15.9 Å². The van der Waals surface area contributed by atoms with Crippen LogP contribution in [0.5, 0.6) is 0 Å². The first-order chi connectivity index (χ1) is 12.5. The van der Waals surface area contributed by atoms with Gasteiger partial charge in [0.05, 0.1) is 12.4 Å². The molecule has 0 aliphatic rings. The van der Waals surface area contributed by atoms with Gasteiger partial charge in [-0.25, -0.2) is 9.97 Å². The molecule has 0 radical (unpaired) electrons. The molecule has 1 aromatic heterocycles. The number of hydrogen-bond acceptors (Lipinski definition) is 4. The van der Waals surface area contributed by atoms with Gasteiger partial charge < -0.3 is 10.6 Å². The van der Waals surface area contributed by atoms with E-state index in [-0.39, 0.29) is 17.6 Å². The average molecular weight is 367 g/mol. The van der Waals surface area contributed by atoms with E-state index in [0.29, 0.717) is 16.5 Å². The Balaban J connectivity index is 1.66. The van der Waals surface area contributed by atoms with Crippen LogP contribution >= 0.6 is 11.6 Å². The predicted octanol–water partition coefficient (Wildman–Crippen LogP) is 4.86. The largest absolute Gasteiger partial charge is 0.362 e. The Morgan fingerprint density at radius 2 is 1.85 bits per heavy atom. The number of anilines is 2. The van der Waals surface area contributed by atoms with Crippen molar-refractivity contribution in [2.24, 2.45) is 0 Å². The highest BCUT2D eigenvalue weighted by atomic mass is 35.5. The summed E-state index contributed by atoms with van der Waals surface area (Å²) >= 11 is 5.93. The number of aromatic nitrogens is 2. The first kappa shape index (κ1) is 17.9. The minimum absolute atomic E-state index is 0.0851. The van der Waals surface area contributed by atoms with Gasteiger partial charge in [-0.15, -0.1) is 0 Å². The molecule has 3 aromatic rings. The fourth-order valence-corrected chi connectivity index (χ4v) is 2.75. The first-order valence-electron chi connectivity index (χ1n) is 8.24. The van der Waals surface area contributed by atoms with Crippen LogP contribution in [0, 0.1) is 6.92 Å². The number of amides is 1. The van der Waals surface area contributed by atoms with Crippen molar-refractivity contribution in [2.75, 3.05) is 10.6 Å². The number of rotatable bonds is 5. The topological polar surface area (TPSA) is 66.9 Å². The maximum absolute atomic E-state index is 12.3. The van der Waals surface area contributed by atoms with Crippen LogP contribution in [-0.2, 0) is 0 Å². The molecule has 1 amide bonds. The van der Waals surface area contributed by atoms with E-state index in [1.165, 1.54) is 6.20 Å². The van der Waals surface area contributed by atoms with Crippen LogP contribution in [0.3, 0.4) is 0 Å². The minimum Gasteiger partial charge on any atom is -0.362 e. The van der Waals surface area contributed by atoms with E-state index >= 15 is 0 Å². The second-order valence-corrected chi connectivity index (χ2v) is 6.41. The standard InChI is InChI=1S/C20H19ClN4O/c1-13-10-16(21)8-9-17(13)25-20(26)18-11-23-19(12-22-18)24-14(2)15-6-4-3-5-7-15/h3-12,14H,1-2H3,(H,23,24)(H,25,26). The van der Waals surface area contributed by atoms with Gasteiger partial charge in [0, 0.05) is 16.8 Å². The summed E-state index contributed by atoms with van der Waals surface area (Å²) in [6.45, 7) is 3.92. The lowest BCUT2D eigenvalue weighted by Crippen LogP contribution is -2.15. The molecule has 2 N–H and O–H groups in total. The van der Waals surface area contributed by atoms with Crippen LogP contribution in [0.25, 0.3) is 0 Å². The van der Waals surface area contributed by atoms with Gasteiger partial charge in [-0.2, -0.15) is 0 Å². The summed E-state index contributed by atoms with van der Waals surface area (Å²) in [7, 11) is 0. The minimum atomic E-state index is -0.314. The fraction of sp³-hybridized carbons (Fsp3) is 0.150. The van der Waals surface area contributed by atoms with E-state index in [1.54, 1.807) is 24.4 Å². The number of carbonyl (C=O) groups is 1. The molecule has 6 heteroatoms. The van der Waals surface area contributed by atoms with Gasteiger partial charge in [-0.05, 0) is 43.2 Å². The van der Waals surface area contributed by atoms with Crippen molar-refractivity contribution in [1.82, 2.24) is 9.97 Å². The van der Waals surface area contributed by atoms with Crippen LogP contribution in [0.1, 0.15) is 34.6 Å². The molecule has 3 rings (SSSR count). The molecule has 2 aromatic carbocycles. The van der Waals surface area contributed by atoms with Crippen LogP contribution in [0.4, 0.5) is 11.5 Å². The Labute approximate surface area is 157 Å². The quantitative estimate of drug-likeness (QED) is 0.676. The molecule has 0 saturated heterocycles. The zero-order valence-electron chi connectivity index (χ0n) is 14.5. The third kappa shape index (κ3) is 4.37. The molecule has 0 fully saturated rings. The first-order valence-corrected chi connectivity index (χ1v) is 8.62. The van der Waals surface area contributed by atoms with Crippen molar-refractivity contribution in [3.63, 3.8) is 0 Å². The van der Waals surface area contributed by atoms with Crippen molar-refractivity contribution in [2.45, 2.75) is 19.9 Å². The predicted molar refractivity (Wildman–Crippen MR) is 105 cm³/mol. The number of hydrogen-bond donors (Lipinski definition) is 2. The molecule has 1 heterocycles. The van der Waals surface area contributed by atoms with Gasteiger partial charge >= 0.3 is 0 Å². The number of nitrogens with zero attached hydrogens (tertiary/aromatic N) is 2. The Kier molecular flexibility index (Phi) is 5.49. The Morgan fingerprint density at radius 3 is 2.50 bits per heavy atom. The highest BCUT2D eigenvalue weighted by Crippen LogP contribution is 2.20. The SMILES string of the molecule is Cc1cc(Cl)ccc1NC(=O)c1cnc(NC(C)c2ccccc2)cn1. The van der Waals surface area contributed by atoms with Crippen molar-refractivity contribution in [3.8, 4) is 0 Å². The van der Waals surface area contributed by atoms with Crippen molar-refractivity contribution in [3.05, 3.63) is 82.8 Å². The number of aryl methyl sites for hydroxylation is 1. The molecule has 5 nitrogen and oxygen atoms in total. The van der Waals surface area contributed by atoms with Crippen LogP contribution in [0.15, 0.2) is 60.9 Å². The molecule has 132 valence electrons. The Bertz CT molecular complexity index is 897. The second kappa shape index (κ2) is 7.97. The van der Waals surface area contributed by atoms with E-state index in [4.69, 9.17) is 11.6 Å². The summed E-state index contributed by atoms with van der Waals surface area (Å²) in [5.74, 6) is 0.297. The van der Waals surface area contributed by atoms with E-state index in [9.17, 15) is 4.79 Å². The molecule has 1 atom stereocenters. The summed E-state index contributed by atoms with van der Waals surface area (Å²) in [6.07, 6.45) is 3.02. The van der Waals surface area contributed by atoms with E-state index in [0.717, 1.165) is 11.1 Å². The highest BCUT2D eigenvalue weighted by Gasteiger charge is 2.11. The van der Waals surface area contributed by atoms with Crippen molar-refractivity contribution >= 4 is 29.0 Å². The molecule has 0 spiro atoms. The highest BCUT2D eigenvalue weighted by molar-refractivity contribution is 6.30. The summed E-state index contributed by atoms with van der Waals surface area (Å²) in [6, 6.07) is 15.4. The third-order valence-corrected chi connectivity index (χ3v) is 4.22. The third-order valence-electron chi connectivity index (χ3n) is 3.99.